The van der Waals surface area contributed by atoms with E-state index in [1.165, 1.54) is 0 Å². The van der Waals surface area contributed by atoms with Crippen molar-refractivity contribution in [1.82, 2.24) is 15.2 Å². The number of nitrogens with zero attached hydrogens (tertiary/aromatic N) is 2. The lowest BCUT2D eigenvalue weighted by molar-refractivity contribution is 1.10. The molecule has 0 unspecified atom stereocenters. The van der Waals surface area contributed by atoms with E-state index >= 15 is 0 Å². The Bertz CT molecular complexity index is 465. The molecule has 5 N–H and O–H groups in total. The molecule has 1 heterocycles. The zero-order valence-corrected chi connectivity index (χ0v) is 8.75. The molecule has 1 aromatic heterocycles. The van der Waals surface area contributed by atoms with E-state index in [4.69, 9.17) is 11.5 Å². The Labute approximate surface area is 88.7 Å². The Balaban J connectivity index is 2.57. The zero-order chi connectivity index (χ0) is 10.1. The van der Waals surface area contributed by atoms with Crippen molar-refractivity contribution in [3.63, 3.8) is 0 Å². The van der Waals surface area contributed by atoms with E-state index in [1.807, 2.05) is 18.2 Å². The van der Waals surface area contributed by atoms with Crippen LogP contribution in [0.25, 0.3) is 11.4 Å². The van der Waals surface area contributed by atoms with Crippen LogP contribution in [-0.4, -0.2) is 15.2 Å². The van der Waals surface area contributed by atoms with Gasteiger partial charge in [-0.25, -0.2) is 0 Å². The SMILES string of the molecule is Nc1n[nH]c(-c2cccc(Br)c2N)n1. The van der Waals surface area contributed by atoms with E-state index in [-0.39, 0.29) is 5.95 Å². The highest BCUT2D eigenvalue weighted by Crippen LogP contribution is 2.29. The maximum Gasteiger partial charge on any atom is 0.239 e. The number of hydrogen-bond donors (Lipinski definition) is 3. The highest BCUT2D eigenvalue weighted by atomic mass is 79.9. The number of para-hydroxylation sites is 1. The lowest BCUT2D eigenvalue weighted by Gasteiger charge is -2.02. The van der Waals surface area contributed by atoms with Crippen molar-refractivity contribution in [3.05, 3.63) is 22.7 Å². The first-order valence-electron chi connectivity index (χ1n) is 3.90. The van der Waals surface area contributed by atoms with Gasteiger partial charge in [-0.05, 0) is 28.1 Å². The minimum atomic E-state index is 0.208. The van der Waals surface area contributed by atoms with E-state index in [9.17, 15) is 0 Å². The molecule has 6 heteroatoms. The van der Waals surface area contributed by atoms with Crippen molar-refractivity contribution in [3.8, 4) is 11.4 Å². The van der Waals surface area contributed by atoms with E-state index in [0.29, 0.717) is 11.5 Å². The minimum Gasteiger partial charge on any atom is -0.397 e. The van der Waals surface area contributed by atoms with E-state index in [0.717, 1.165) is 10.0 Å². The van der Waals surface area contributed by atoms with Gasteiger partial charge in [0, 0.05) is 10.0 Å². The van der Waals surface area contributed by atoms with Crippen molar-refractivity contribution in [1.29, 1.82) is 0 Å². The molecule has 2 aromatic rings. The number of nitrogen functional groups attached to an aromatic ring is 2. The summed E-state index contributed by atoms with van der Waals surface area (Å²) < 4.78 is 0.824. The summed E-state index contributed by atoms with van der Waals surface area (Å²) in [5.41, 5.74) is 12.6. The summed E-state index contributed by atoms with van der Waals surface area (Å²) in [4.78, 5) is 3.99. The summed E-state index contributed by atoms with van der Waals surface area (Å²) in [7, 11) is 0. The summed E-state index contributed by atoms with van der Waals surface area (Å²) >= 11 is 3.33. The number of H-pyrrole nitrogens is 1. The van der Waals surface area contributed by atoms with Gasteiger partial charge in [0.05, 0.1) is 5.69 Å². The van der Waals surface area contributed by atoms with Gasteiger partial charge in [0.15, 0.2) is 5.82 Å². The molecule has 0 aliphatic rings. The molecule has 5 nitrogen and oxygen atoms in total. The summed E-state index contributed by atoms with van der Waals surface area (Å²) in [6.45, 7) is 0. The summed E-state index contributed by atoms with van der Waals surface area (Å²) in [6.07, 6.45) is 0. The number of rotatable bonds is 1. The van der Waals surface area contributed by atoms with Crippen LogP contribution in [0.3, 0.4) is 0 Å². The number of halogens is 1. The molecule has 1 aromatic carbocycles. The van der Waals surface area contributed by atoms with Crippen LogP contribution in [0.4, 0.5) is 11.6 Å². The van der Waals surface area contributed by atoms with Gasteiger partial charge in [-0.15, -0.1) is 5.10 Å². The number of hydrogen-bond acceptors (Lipinski definition) is 4. The highest BCUT2D eigenvalue weighted by Gasteiger charge is 2.08. The summed E-state index contributed by atoms with van der Waals surface area (Å²) in [5.74, 6) is 0.778. The molecule has 0 spiro atoms. The molecule has 0 amide bonds. The van der Waals surface area contributed by atoms with Crippen LogP contribution < -0.4 is 11.5 Å². The zero-order valence-electron chi connectivity index (χ0n) is 7.16. The second kappa shape index (κ2) is 3.30. The predicted octanol–water partition coefficient (Wildman–Crippen LogP) is 1.40. The minimum absolute atomic E-state index is 0.208. The third kappa shape index (κ3) is 1.44. The van der Waals surface area contributed by atoms with Crippen LogP contribution in [0.2, 0.25) is 0 Å². The number of benzene rings is 1. The fourth-order valence-corrected chi connectivity index (χ4v) is 1.50. The van der Waals surface area contributed by atoms with Crippen LogP contribution >= 0.6 is 15.9 Å². The van der Waals surface area contributed by atoms with Crippen molar-refractivity contribution in [2.24, 2.45) is 0 Å². The second-order valence-corrected chi connectivity index (χ2v) is 3.60. The molecular formula is C8H8BrN5. The van der Waals surface area contributed by atoms with Crippen molar-refractivity contribution >= 4 is 27.6 Å². The number of aromatic amines is 1. The Morgan fingerprint density at radius 2 is 2.07 bits per heavy atom. The largest absolute Gasteiger partial charge is 0.397 e. The van der Waals surface area contributed by atoms with E-state index < -0.39 is 0 Å². The molecule has 0 radical (unpaired) electrons. The van der Waals surface area contributed by atoms with Gasteiger partial charge in [-0.2, -0.15) is 4.98 Å². The molecule has 0 aliphatic carbocycles. The lowest BCUT2D eigenvalue weighted by atomic mass is 10.2. The monoisotopic (exact) mass is 253 g/mol. The first-order chi connectivity index (χ1) is 6.68. The maximum atomic E-state index is 5.85. The van der Waals surface area contributed by atoms with Crippen LogP contribution in [0.1, 0.15) is 0 Å². The molecule has 0 saturated carbocycles. The van der Waals surface area contributed by atoms with Gasteiger partial charge in [-0.1, -0.05) is 6.07 Å². The van der Waals surface area contributed by atoms with Crippen molar-refractivity contribution in [2.75, 3.05) is 11.5 Å². The molecular weight excluding hydrogens is 246 g/mol. The number of aromatic nitrogens is 3. The topological polar surface area (TPSA) is 93.6 Å². The summed E-state index contributed by atoms with van der Waals surface area (Å²) in [5, 5.41) is 6.44. The van der Waals surface area contributed by atoms with Crippen LogP contribution in [0, 0.1) is 0 Å². The Morgan fingerprint density at radius 3 is 2.71 bits per heavy atom. The highest BCUT2D eigenvalue weighted by molar-refractivity contribution is 9.10. The Morgan fingerprint density at radius 1 is 1.29 bits per heavy atom. The van der Waals surface area contributed by atoms with Crippen LogP contribution in [0.15, 0.2) is 22.7 Å². The molecule has 2 rings (SSSR count). The molecule has 72 valence electrons. The Kier molecular flexibility index (Phi) is 2.12. The average molecular weight is 254 g/mol. The van der Waals surface area contributed by atoms with Gasteiger partial charge in [-0.3, -0.25) is 5.10 Å². The smallest absolute Gasteiger partial charge is 0.239 e. The van der Waals surface area contributed by atoms with Gasteiger partial charge in [0.25, 0.3) is 0 Å². The predicted molar refractivity (Wildman–Crippen MR) is 58.3 cm³/mol. The van der Waals surface area contributed by atoms with E-state index in [2.05, 4.69) is 31.1 Å². The summed E-state index contributed by atoms with van der Waals surface area (Å²) in [6, 6.07) is 5.58. The third-order valence-corrected chi connectivity index (χ3v) is 2.50. The average Bonchev–Trinajstić information content (AvgIpc) is 2.57. The second-order valence-electron chi connectivity index (χ2n) is 2.74. The molecule has 14 heavy (non-hydrogen) atoms. The first-order valence-corrected chi connectivity index (χ1v) is 4.70. The van der Waals surface area contributed by atoms with Crippen LogP contribution in [-0.2, 0) is 0 Å². The molecule has 0 atom stereocenters. The Hall–Kier alpha value is -1.56. The molecule has 0 saturated heterocycles. The van der Waals surface area contributed by atoms with Crippen molar-refractivity contribution < 1.29 is 0 Å². The lowest BCUT2D eigenvalue weighted by Crippen LogP contribution is -1.92. The third-order valence-electron chi connectivity index (χ3n) is 1.81. The van der Waals surface area contributed by atoms with E-state index in [1.54, 1.807) is 0 Å². The fraction of sp³-hybridized carbons (Fsp3) is 0. The normalized spacial score (nSPS) is 10.4. The van der Waals surface area contributed by atoms with Gasteiger partial charge in [0.1, 0.15) is 0 Å². The molecule has 0 aliphatic heterocycles. The van der Waals surface area contributed by atoms with Crippen molar-refractivity contribution in [2.45, 2.75) is 0 Å². The number of nitrogens with one attached hydrogen (secondary N) is 1. The fourth-order valence-electron chi connectivity index (χ4n) is 1.14. The number of nitrogens with two attached hydrogens (primary N) is 2. The first kappa shape index (κ1) is 9.01. The number of anilines is 2. The van der Waals surface area contributed by atoms with Gasteiger partial charge in [0.2, 0.25) is 5.95 Å². The standard InChI is InChI=1S/C8H8BrN5/c9-5-3-1-2-4(6(5)10)7-12-8(11)14-13-7/h1-3H,10H2,(H3,11,12,13,14). The van der Waals surface area contributed by atoms with Gasteiger partial charge < -0.3 is 11.5 Å². The quantitative estimate of drug-likeness (QED) is 0.670. The molecule has 0 fully saturated rings. The van der Waals surface area contributed by atoms with Gasteiger partial charge >= 0.3 is 0 Å². The maximum absolute atomic E-state index is 5.85. The van der Waals surface area contributed by atoms with Crippen LogP contribution in [0.5, 0.6) is 0 Å². The molecule has 0 bridgehead atoms.